The summed E-state index contributed by atoms with van der Waals surface area (Å²) in [6.07, 6.45) is 25.3. The maximum absolute atomic E-state index is 12.4. The van der Waals surface area contributed by atoms with Gasteiger partial charge in [0.05, 0.1) is 65.9 Å². The molecule has 526 valence electrons. The van der Waals surface area contributed by atoms with Gasteiger partial charge in [0.25, 0.3) is 0 Å². The number of carboxylic acid groups (broad SMARTS) is 4. The summed E-state index contributed by atoms with van der Waals surface area (Å²) in [5.74, 6) is 3.78. The molecule has 8 saturated heterocycles. The zero-order valence-electron chi connectivity index (χ0n) is 55.7. The monoisotopic (exact) mass is 1600 g/mol. The Morgan fingerprint density at radius 2 is 0.505 bits per heavy atom. The molecule has 0 aromatic heterocycles. The van der Waals surface area contributed by atoms with Gasteiger partial charge in [0, 0.05) is 69.0 Å². The topological polar surface area (TPSA) is 248 Å². The minimum atomic E-state index is -1.26. The van der Waals surface area contributed by atoms with Crippen LogP contribution in [0.5, 0.6) is 23.0 Å². The fourth-order valence-corrected chi connectivity index (χ4v) is 28.4. The predicted octanol–water partition coefficient (Wildman–Crippen LogP) is 8.84. The van der Waals surface area contributed by atoms with Gasteiger partial charge in [-0.3, -0.25) is 0 Å². The number of carbonyl (C=O) groups excluding carboxylic acids is 4. The molecule has 20 aliphatic rings. The molecule has 4 aromatic carbocycles. The van der Waals surface area contributed by atoms with Crippen LogP contribution in [0, 0.1) is 23.7 Å². The van der Waals surface area contributed by atoms with Crippen molar-refractivity contribution in [2.75, 3.05) is 0 Å². The maximum atomic E-state index is 12.4. The summed E-state index contributed by atoms with van der Waals surface area (Å²) in [4.78, 5) is 49.4. The standard InChI is InChI=1S/4C20H20O4S.W/c4*21-18(22)20-13-10-11-6-4-5-9-14(11)23-15(13)16-17(25-16)19(20,24-20)12-7-2-1-3-8-12;/h4*4-6,9,12,16-17H,1-3,7-8,10H2,(H,21,22);/p-4. The van der Waals surface area contributed by atoms with Gasteiger partial charge in [-0.05, 0) is 122 Å². The first-order valence-electron chi connectivity index (χ1n) is 37.0. The van der Waals surface area contributed by atoms with E-state index in [-0.39, 0.29) is 63.1 Å². The molecule has 8 aliphatic carbocycles. The Morgan fingerprint density at radius 3 is 0.703 bits per heavy atom. The second-order valence-corrected chi connectivity index (χ2v) is 36.8. The number of epoxide rings is 4. The van der Waals surface area contributed by atoms with E-state index in [0.29, 0.717) is 49.4 Å². The van der Waals surface area contributed by atoms with Crippen LogP contribution in [0.15, 0.2) is 142 Å². The van der Waals surface area contributed by atoms with E-state index in [4.69, 9.17) is 37.9 Å². The number of thioether (sulfide) groups is 4. The largest absolute Gasteiger partial charge is 0.546 e. The molecule has 0 N–H and O–H groups in total. The van der Waals surface area contributed by atoms with Crippen LogP contribution in [0.4, 0.5) is 0 Å². The third kappa shape index (κ3) is 8.68. The molecule has 21 heteroatoms. The summed E-state index contributed by atoms with van der Waals surface area (Å²) in [6, 6.07) is 31.6. The molecule has 0 radical (unpaired) electrons. The third-order valence-corrected chi connectivity index (χ3v) is 32.7. The Balaban J connectivity index is 0.0000000902. The van der Waals surface area contributed by atoms with E-state index < -0.39 is 68.7 Å². The van der Waals surface area contributed by atoms with Crippen LogP contribution in [0.1, 0.15) is 151 Å². The van der Waals surface area contributed by atoms with E-state index in [0.717, 1.165) is 142 Å². The SMILES string of the molecule is O=C([O-])C12OC1(C1CCCCC1)C1SC1C1=C2Cc2ccccc2O1.O=C([O-])C12OC1(C1CCCCC1)C1SC1C1=C2Cc2ccccc2O1.O=C([O-])C12OC1(C1CCCCC1)C1SC1C1=C2Cc2ccccc2O1.O=C([O-])C12OC1(C1CCCCC1)C1SC1C1=C2Cc2ccccc2O1.[W]. The minimum absolute atomic E-state index is 0. The van der Waals surface area contributed by atoms with E-state index >= 15 is 0 Å². The number of carboxylic acids is 4. The van der Waals surface area contributed by atoms with Crippen molar-refractivity contribution in [3.63, 3.8) is 0 Å². The average molecular weight is 1610 g/mol. The third-order valence-electron chi connectivity index (χ3n) is 27.1. The Morgan fingerprint density at radius 1 is 0.307 bits per heavy atom. The normalized spacial score (nSPS) is 40.6. The summed E-state index contributed by atoms with van der Waals surface area (Å²) < 4.78 is 49.8. The van der Waals surface area contributed by atoms with Gasteiger partial charge in [0.2, 0.25) is 0 Å². The van der Waals surface area contributed by atoms with E-state index in [1.807, 2.05) is 144 Å². The smallest absolute Gasteiger partial charge is 0.163 e. The minimum Gasteiger partial charge on any atom is -0.546 e. The van der Waals surface area contributed by atoms with Gasteiger partial charge in [0.1, 0.15) is 68.4 Å². The summed E-state index contributed by atoms with van der Waals surface area (Å²) in [6.45, 7) is 0. The van der Waals surface area contributed by atoms with Crippen molar-refractivity contribution in [2.45, 2.75) is 241 Å². The molecule has 24 rings (SSSR count). The molecule has 4 aromatic rings. The Labute approximate surface area is 617 Å². The van der Waals surface area contributed by atoms with Crippen LogP contribution in [0.2, 0.25) is 0 Å². The molecule has 101 heavy (non-hydrogen) atoms. The van der Waals surface area contributed by atoms with Crippen molar-refractivity contribution in [1.29, 1.82) is 0 Å². The molecule has 16 atom stereocenters. The number of fused-ring (bicyclic) bond motifs is 24. The number of ether oxygens (including phenoxy) is 8. The summed E-state index contributed by atoms with van der Waals surface area (Å²) in [7, 11) is 0. The van der Waals surface area contributed by atoms with Crippen molar-refractivity contribution in [3.8, 4) is 23.0 Å². The van der Waals surface area contributed by atoms with Crippen molar-refractivity contribution in [2.24, 2.45) is 23.7 Å². The number of para-hydroxylation sites is 4. The molecule has 0 bridgehead atoms. The van der Waals surface area contributed by atoms with E-state index in [1.165, 1.54) is 77.0 Å². The molecule has 16 unspecified atom stereocenters. The van der Waals surface area contributed by atoms with Gasteiger partial charge < -0.3 is 77.5 Å². The Kier molecular flexibility index (Phi) is 14.8. The zero-order chi connectivity index (χ0) is 67.2. The van der Waals surface area contributed by atoms with Crippen molar-refractivity contribution >= 4 is 70.9 Å². The second kappa shape index (κ2) is 22.9. The van der Waals surface area contributed by atoms with Crippen LogP contribution in [-0.2, 0) is 84.9 Å². The van der Waals surface area contributed by atoms with Gasteiger partial charge in [-0.2, -0.15) is 0 Å². The fourth-order valence-electron chi connectivity index (χ4n) is 22.5. The van der Waals surface area contributed by atoms with Gasteiger partial charge in [0.15, 0.2) is 22.4 Å². The van der Waals surface area contributed by atoms with Crippen LogP contribution in [0.25, 0.3) is 0 Å². The van der Waals surface area contributed by atoms with E-state index in [9.17, 15) is 39.6 Å². The molecular weight excluding hydrogens is 1530 g/mol. The number of aliphatic carboxylic acids is 4. The summed E-state index contributed by atoms with van der Waals surface area (Å²) in [5, 5.41) is 51.3. The first kappa shape index (κ1) is 65.4. The average Bonchev–Trinajstić information content (AvgIpc) is 1.48. The number of rotatable bonds is 8. The number of hydrogen-bond acceptors (Lipinski definition) is 20. The number of carbonyl (C=O) groups is 4. The molecule has 0 spiro atoms. The van der Waals surface area contributed by atoms with Crippen LogP contribution >= 0.6 is 47.0 Å². The molecule has 12 aliphatic heterocycles. The predicted molar refractivity (Wildman–Crippen MR) is 364 cm³/mol. The van der Waals surface area contributed by atoms with Crippen molar-refractivity contribution < 1.29 is 98.6 Å². The summed E-state index contributed by atoms with van der Waals surface area (Å²) in [5.41, 5.74) is 0.169. The maximum Gasteiger partial charge on any atom is 0.163 e. The van der Waals surface area contributed by atoms with Crippen molar-refractivity contribution in [3.05, 3.63) is 165 Å². The number of hydrogen-bond donors (Lipinski definition) is 0. The molecule has 12 fully saturated rings. The molecule has 16 nitrogen and oxygen atoms in total. The van der Waals surface area contributed by atoms with E-state index in [1.54, 1.807) is 0 Å². The van der Waals surface area contributed by atoms with Gasteiger partial charge in [-0.15, -0.1) is 47.0 Å². The molecular formula is C80H76O16S4W-4. The van der Waals surface area contributed by atoms with Crippen LogP contribution in [0.3, 0.4) is 0 Å². The van der Waals surface area contributed by atoms with Crippen LogP contribution in [-0.4, -0.2) is 111 Å². The Hall–Kier alpha value is -5.15. The van der Waals surface area contributed by atoms with Gasteiger partial charge >= 0.3 is 0 Å². The molecule has 0 amide bonds. The van der Waals surface area contributed by atoms with E-state index in [2.05, 4.69) is 0 Å². The van der Waals surface area contributed by atoms with Gasteiger partial charge in [-0.25, -0.2) is 0 Å². The quantitative estimate of drug-likeness (QED) is 0.149. The fraction of sp³-hybridized carbons (Fsp3) is 0.550. The molecule has 4 saturated carbocycles. The van der Waals surface area contributed by atoms with Gasteiger partial charge in [-0.1, -0.05) is 150 Å². The Bertz CT molecular complexity index is 3870. The number of benzene rings is 4. The molecule has 12 heterocycles. The first-order chi connectivity index (χ1) is 48.7. The van der Waals surface area contributed by atoms with Crippen LogP contribution < -0.4 is 39.4 Å². The second-order valence-electron chi connectivity index (χ2n) is 31.6. The summed E-state index contributed by atoms with van der Waals surface area (Å²) >= 11 is 7.27. The zero-order valence-corrected chi connectivity index (χ0v) is 61.9. The first-order valence-corrected chi connectivity index (χ1v) is 40.8. The van der Waals surface area contributed by atoms with Crippen molar-refractivity contribution in [1.82, 2.24) is 0 Å².